The Labute approximate surface area is 129 Å². The molecule has 1 saturated carbocycles. The fourth-order valence-electron chi connectivity index (χ4n) is 2.97. The summed E-state index contributed by atoms with van der Waals surface area (Å²) in [6, 6.07) is 3.18. The van der Waals surface area contributed by atoms with Crippen LogP contribution in [0.1, 0.15) is 37.3 Å². The van der Waals surface area contributed by atoms with E-state index < -0.39 is 23.2 Å². The van der Waals surface area contributed by atoms with Crippen molar-refractivity contribution < 1.29 is 13.6 Å². The zero-order chi connectivity index (χ0) is 16.3. The van der Waals surface area contributed by atoms with Gasteiger partial charge in [0.05, 0.1) is 11.6 Å². The van der Waals surface area contributed by atoms with Crippen molar-refractivity contribution in [3.63, 3.8) is 0 Å². The summed E-state index contributed by atoms with van der Waals surface area (Å²) in [6.45, 7) is 0.114. The molecule has 0 bridgehead atoms. The van der Waals surface area contributed by atoms with Gasteiger partial charge < -0.3 is 16.0 Å². The summed E-state index contributed by atoms with van der Waals surface area (Å²) in [6.07, 6.45) is 3.17. The summed E-state index contributed by atoms with van der Waals surface area (Å²) >= 11 is 0. The van der Waals surface area contributed by atoms with Crippen LogP contribution in [0.4, 0.5) is 8.78 Å². The second-order valence-electron chi connectivity index (χ2n) is 6.19. The SMILES string of the molecule is CN(C)C(CNC(=O)C1(N)CCCC1)c1c(F)cccc1F. The van der Waals surface area contributed by atoms with Crippen molar-refractivity contribution >= 4 is 5.91 Å². The van der Waals surface area contributed by atoms with Crippen LogP contribution in [0, 0.1) is 11.6 Å². The quantitative estimate of drug-likeness (QED) is 0.874. The van der Waals surface area contributed by atoms with Crippen LogP contribution in [0.15, 0.2) is 18.2 Å². The molecular weight excluding hydrogens is 288 g/mol. The molecule has 22 heavy (non-hydrogen) atoms. The maximum atomic E-state index is 14.0. The van der Waals surface area contributed by atoms with Gasteiger partial charge in [-0.05, 0) is 39.1 Å². The molecule has 4 nitrogen and oxygen atoms in total. The average molecular weight is 311 g/mol. The second-order valence-corrected chi connectivity index (χ2v) is 6.19. The molecule has 1 atom stereocenters. The minimum atomic E-state index is -0.843. The van der Waals surface area contributed by atoms with Crippen LogP contribution in [0.5, 0.6) is 0 Å². The van der Waals surface area contributed by atoms with Gasteiger partial charge >= 0.3 is 0 Å². The van der Waals surface area contributed by atoms with Gasteiger partial charge in [0.1, 0.15) is 11.6 Å². The molecule has 0 heterocycles. The maximum Gasteiger partial charge on any atom is 0.240 e. The Morgan fingerprint density at radius 3 is 2.36 bits per heavy atom. The summed E-state index contributed by atoms with van der Waals surface area (Å²) < 4.78 is 27.9. The molecule has 1 fully saturated rings. The van der Waals surface area contributed by atoms with Gasteiger partial charge in [-0.2, -0.15) is 0 Å². The van der Waals surface area contributed by atoms with Crippen molar-refractivity contribution in [3.8, 4) is 0 Å². The van der Waals surface area contributed by atoms with E-state index >= 15 is 0 Å². The third-order valence-corrected chi connectivity index (χ3v) is 4.36. The van der Waals surface area contributed by atoms with Crippen LogP contribution in [0.3, 0.4) is 0 Å². The van der Waals surface area contributed by atoms with Crippen LogP contribution in [-0.4, -0.2) is 37.0 Å². The molecule has 1 unspecified atom stereocenters. The molecule has 1 aliphatic carbocycles. The Morgan fingerprint density at radius 1 is 1.32 bits per heavy atom. The number of hydrogen-bond acceptors (Lipinski definition) is 3. The van der Waals surface area contributed by atoms with Crippen molar-refractivity contribution in [1.82, 2.24) is 10.2 Å². The van der Waals surface area contributed by atoms with Gasteiger partial charge in [0.25, 0.3) is 0 Å². The van der Waals surface area contributed by atoms with Gasteiger partial charge in [-0.25, -0.2) is 8.78 Å². The fraction of sp³-hybridized carbons (Fsp3) is 0.562. The highest BCUT2D eigenvalue weighted by molar-refractivity contribution is 5.86. The largest absolute Gasteiger partial charge is 0.353 e. The number of nitrogens with one attached hydrogen (secondary N) is 1. The standard InChI is InChI=1S/C16H23F2N3O/c1-21(2)13(14-11(17)6-5-7-12(14)18)10-20-15(22)16(19)8-3-4-9-16/h5-7,13H,3-4,8-10,19H2,1-2H3,(H,20,22). The second kappa shape index (κ2) is 6.71. The minimum Gasteiger partial charge on any atom is -0.353 e. The molecule has 1 aliphatic rings. The number of amides is 1. The molecule has 0 aromatic heterocycles. The van der Waals surface area contributed by atoms with E-state index in [2.05, 4.69) is 5.32 Å². The number of halogens is 2. The molecule has 122 valence electrons. The van der Waals surface area contributed by atoms with Gasteiger partial charge in [0, 0.05) is 12.1 Å². The Kier molecular flexibility index (Phi) is 5.13. The van der Waals surface area contributed by atoms with E-state index in [9.17, 15) is 13.6 Å². The summed E-state index contributed by atoms with van der Waals surface area (Å²) in [7, 11) is 3.44. The number of carbonyl (C=O) groups excluding carboxylic acids is 1. The summed E-state index contributed by atoms with van der Waals surface area (Å²) in [4.78, 5) is 13.9. The number of rotatable bonds is 5. The van der Waals surface area contributed by atoms with E-state index in [4.69, 9.17) is 5.73 Å². The highest BCUT2D eigenvalue weighted by atomic mass is 19.1. The van der Waals surface area contributed by atoms with Crippen molar-refractivity contribution in [3.05, 3.63) is 35.4 Å². The molecule has 1 amide bonds. The molecule has 1 aromatic rings. The third kappa shape index (κ3) is 3.44. The maximum absolute atomic E-state index is 14.0. The highest BCUT2D eigenvalue weighted by Crippen LogP contribution is 2.28. The predicted octanol–water partition coefficient (Wildman–Crippen LogP) is 1.96. The van der Waals surface area contributed by atoms with E-state index in [1.807, 2.05) is 0 Å². The van der Waals surface area contributed by atoms with Crippen LogP contribution >= 0.6 is 0 Å². The Balaban J connectivity index is 2.12. The van der Waals surface area contributed by atoms with Gasteiger partial charge in [-0.3, -0.25) is 4.79 Å². The monoisotopic (exact) mass is 311 g/mol. The van der Waals surface area contributed by atoms with Gasteiger partial charge in [0.15, 0.2) is 0 Å². The zero-order valence-electron chi connectivity index (χ0n) is 13.0. The number of nitrogens with two attached hydrogens (primary N) is 1. The van der Waals surface area contributed by atoms with Gasteiger partial charge in [0.2, 0.25) is 5.91 Å². The van der Waals surface area contributed by atoms with E-state index in [0.717, 1.165) is 12.8 Å². The first kappa shape index (κ1) is 16.8. The smallest absolute Gasteiger partial charge is 0.240 e. The van der Waals surface area contributed by atoms with E-state index in [1.165, 1.54) is 18.2 Å². The molecule has 2 rings (SSSR count). The first-order valence-electron chi connectivity index (χ1n) is 7.52. The Bertz CT molecular complexity index is 522. The average Bonchev–Trinajstić information content (AvgIpc) is 2.89. The Morgan fingerprint density at radius 2 is 1.86 bits per heavy atom. The highest BCUT2D eigenvalue weighted by Gasteiger charge is 2.37. The van der Waals surface area contributed by atoms with Gasteiger partial charge in [-0.1, -0.05) is 18.9 Å². The van der Waals surface area contributed by atoms with Crippen molar-refractivity contribution in [2.24, 2.45) is 5.73 Å². The molecule has 3 N–H and O–H groups in total. The van der Waals surface area contributed by atoms with Crippen molar-refractivity contribution in [1.29, 1.82) is 0 Å². The number of nitrogens with zero attached hydrogens (tertiary/aromatic N) is 1. The van der Waals surface area contributed by atoms with Crippen LogP contribution in [0.25, 0.3) is 0 Å². The van der Waals surface area contributed by atoms with Crippen molar-refractivity contribution in [2.75, 3.05) is 20.6 Å². The zero-order valence-corrected chi connectivity index (χ0v) is 13.0. The number of benzene rings is 1. The molecular formula is C16H23F2N3O. The third-order valence-electron chi connectivity index (χ3n) is 4.36. The normalized spacial score (nSPS) is 18.5. The topological polar surface area (TPSA) is 58.4 Å². The lowest BCUT2D eigenvalue weighted by molar-refractivity contribution is -0.126. The lowest BCUT2D eigenvalue weighted by atomic mass is 9.97. The van der Waals surface area contributed by atoms with E-state index in [-0.39, 0.29) is 18.0 Å². The molecule has 0 radical (unpaired) electrons. The molecule has 0 spiro atoms. The number of likely N-dealkylation sites (N-methyl/N-ethyl adjacent to an activating group) is 1. The molecule has 0 aliphatic heterocycles. The summed E-state index contributed by atoms with van der Waals surface area (Å²) in [5.74, 6) is -1.47. The molecule has 1 aromatic carbocycles. The number of hydrogen-bond donors (Lipinski definition) is 2. The van der Waals surface area contributed by atoms with E-state index in [0.29, 0.717) is 12.8 Å². The minimum absolute atomic E-state index is 0.0368. The summed E-state index contributed by atoms with van der Waals surface area (Å²) in [5, 5.41) is 2.76. The van der Waals surface area contributed by atoms with Gasteiger partial charge in [-0.15, -0.1) is 0 Å². The lowest BCUT2D eigenvalue weighted by Crippen LogP contribution is -2.53. The fourth-order valence-corrected chi connectivity index (χ4v) is 2.97. The first-order chi connectivity index (χ1) is 10.3. The summed E-state index contributed by atoms with van der Waals surface area (Å²) in [5.41, 5.74) is 5.21. The lowest BCUT2D eigenvalue weighted by Gasteiger charge is -2.28. The molecule has 6 heteroatoms. The number of carbonyl (C=O) groups is 1. The van der Waals surface area contributed by atoms with Crippen LogP contribution in [0.2, 0.25) is 0 Å². The first-order valence-corrected chi connectivity index (χ1v) is 7.52. The predicted molar refractivity (Wildman–Crippen MR) is 81.2 cm³/mol. The molecule has 0 saturated heterocycles. The Hall–Kier alpha value is -1.53. The van der Waals surface area contributed by atoms with Crippen LogP contribution < -0.4 is 11.1 Å². The van der Waals surface area contributed by atoms with Crippen LogP contribution in [-0.2, 0) is 4.79 Å². The van der Waals surface area contributed by atoms with E-state index in [1.54, 1.807) is 19.0 Å². The van der Waals surface area contributed by atoms with Crippen molar-refractivity contribution in [2.45, 2.75) is 37.3 Å².